The number of hydroxylamine groups is 1. The number of amides is 1. The molecule has 1 rings (SSSR count). The molecule has 16 heavy (non-hydrogen) atoms. The van der Waals surface area contributed by atoms with Crippen LogP contribution in [0.25, 0.3) is 5.57 Å². The Morgan fingerprint density at radius 2 is 2.38 bits per heavy atom. The van der Waals surface area contributed by atoms with Crippen molar-refractivity contribution >= 4 is 11.5 Å². The van der Waals surface area contributed by atoms with Crippen molar-refractivity contribution in [2.45, 2.75) is 13.8 Å². The minimum atomic E-state index is -0.631. The van der Waals surface area contributed by atoms with Crippen molar-refractivity contribution in [2.24, 2.45) is 5.73 Å². The Balaban J connectivity index is 3.23. The maximum absolute atomic E-state index is 11.2. The molecule has 0 radical (unpaired) electrons. The van der Waals surface area contributed by atoms with Gasteiger partial charge >= 0.3 is 0 Å². The van der Waals surface area contributed by atoms with Crippen molar-refractivity contribution in [3.63, 3.8) is 0 Å². The predicted octanol–water partition coefficient (Wildman–Crippen LogP) is 0.871. The lowest BCUT2D eigenvalue weighted by molar-refractivity contribution is 0.0700. The van der Waals surface area contributed by atoms with Gasteiger partial charge in [0.05, 0.1) is 0 Å². The number of pyridine rings is 1. The molecule has 0 saturated heterocycles. The summed E-state index contributed by atoms with van der Waals surface area (Å²) in [5.74, 6) is -0.631. The molecule has 1 aromatic heterocycles. The second kappa shape index (κ2) is 5.39. The first kappa shape index (κ1) is 12.4. The molecule has 5 heteroatoms. The van der Waals surface area contributed by atoms with Crippen LogP contribution in [0.15, 0.2) is 18.3 Å². The van der Waals surface area contributed by atoms with Gasteiger partial charge in [-0.2, -0.15) is 0 Å². The zero-order valence-electron chi connectivity index (χ0n) is 9.32. The Bertz CT molecular complexity index is 427. The molecule has 0 spiro atoms. The summed E-state index contributed by atoms with van der Waals surface area (Å²) in [4.78, 5) is 15.1. The molecular weight excluding hydrogens is 206 g/mol. The van der Waals surface area contributed by atoms with Crippen LogP contribution in [0.4, 0.5) is 0 Å². The van der Waals surface area contributed by atoms with E-state index in [1.54, 1.807) is 17.7 Å². The quantitative estimate of drug-likeness (QED) is 0.522. The summed E-state index contributed by atoms with van der Waals surface area (Å²) < 4.78 is 0. The summed E-state index contributed by atoms with van der Waals surface area (Å²) in [7, 11) is 0. The minimum Gasteiger partial charge on any atom is -0.326 e. The van der Waals surface area contributed by atoms with Gasteiger partial charge in [-0.3, -0.25) is 15.0 Å². The molecule has 1 aromatic rings. The van der Waals surface area contributed by atoms with Crippen LogP contribution < -0.4 is 11.2 Å². The van der Waals surface area contributed by atoms with E-state index in [1.807, 2.05) is 19.9 Å². The molecule has 5 nitrogen and oxygen atoms in total. The van der Waals surface area contributed by atoms with Crippen molar-refractivity contribution < 1.29 is 10.0 Å². The van der Waals surface area contributed by atoms with Crippen molar-refractivity contribution in [1.29, 1.82) is 0 Å². The van der Waals surface area contributed by atoms with E-state index in [-0.39, 0.29) is 5.69 Å². The van der Waals surface area contributed by atoms with Gasteiger partial charge in [-0.1, -0.05) is 6.08 Å². The van der Waals surface area contributed by atoms with Crippen LogP contribution in [-0.4, -0.2) is 22.6 Å². The highest BCUT2D eigenvalue weighted by molar-refractivity contribution is 5.92. The van der Waals surface area contributed by atoms with Crippen LogP contribution in [0.5, 0.6) is 0 Å². The monoisotopic (exact) mass is 221 g/mol. The van der Waals surface area contributed by atoms with E-state index < -0.39 is 5.91 Å². The van der Waals surface area contributed by atoms with E-state index in [4.69, 9.17) is 10.9 Å². The molecule has 0 saturated carbocycles. The van der Waals surface area contributed by atoms with Crippen molar-refractivity contribution in [2.75, 3.05) is 6.54 Å². The first-order chi connectivity index (χ1) is 7.63. The second-order valence-corrected chi connectivity index (χ2v) is 3.34. The van der Waals surface area contributed by atoms with E-state index in [2.05, 4.69) is 4.98 Å². The van der Waals surface area contributed by atoms with Crippen LogP contribution in [0.1, 0.15) is 28.5 Å². The molecule has 0 aliphatic heterocycles. The number of rotatable bonds is 3. The maximum Gasteiger partial charge on any atom is 0.293 e. The minimum absolute atomic E-state index is 0.163. The second-order valence-electron chi connectivity index (χ2n) is 3.34. The largest absolute Gasteiger partial charge is 0.326 e. The van der Waals surface area contributed by atoms with Gasteiger partial charge in [-0.25, -0.2) is 5.48 Å². The summed E-state index contributed by atoms with van der Waals surface area (Å²) in [6, 6.07) is 1.61. The maximum atomic E-state index is 11.2. The summed E-state index contributed by atoms with van der Waals surface area (Å²) in [5, 5.41) is 8.52. The molecule has 0 unspecified atom stereocenters. The molecule has 0 fully saturated rings. The smallest absolute Gasteiger partial charge is 0.293 e. The average molecular weight is 221 g/mol. The van der Waals surface area contributed by atoms with Gasteiger partial charge in [0, 0.05) is 12.7 Å². The Morgan fingerprint density at radius 3 is 2.88 bits per heavy atom. The number of aromatic nitrogens is 1. The Kier molecular flexibility index (Phi) is 4.16. The number of hydrogen-bond acceptors (Lipinski definition) is 4. The number of allylic oxidation sites excluding steroid dienone is 1. The van der Waals surface area contributed by atoms with Gasteiger partial charge < -0.3 is 5.73 Å². The zero-order chi connectivity index (χ0) is 12.1. The van der Waals surface area contributed by atoms with Crippen LogP contribution in [-0.2, 0) is 0 Å². The lowest BCUT2D eigenvalue weighted by Crippen LogP contribution is -2.20. The van der Waals surface area contributed by atoms with Gasteiger partial charge in [0.15, 0.2) is 0 Å². The number of carbonyl (C=O) groups is 1. The molecule has 1 amide bonds. The SMILES string of the molecule is C/C=C(/CN)c1cc(C(=O)NO)ncc1C. The van der Waals surface area contributed by atoms with Crippen LogP contribution in [0, 0.1) is 6.92 Å². The molecule has 0 aliphatic carbocycles. The summed E-state index contributed by atoms with van der Waals surface area (Å²) in [6.07, 6.45) is 3.47. The number of hydrogen-bond donors (Lipinski definition) is 3. The highest BCUT2D eigenvalue weighted by Gasteiger charge is 2.10. The van der Waals surface area contributed by atoms with Crippen LogP contribution >= 0.6 is 0 Å². The van der Waals surface area contributed by atoms with E-state index in [1.165, 1.54) is 0 Å². The number of nitrogens with zero attached hydrogens (tertiary/aromatic N) is 1. The predicted molar refractivity (Wildman–Crippen MR) is 60.9 cm³/mol. The molecular formula is C11H15N3O2. The molecule has 0 atom stereocenters. The highest BCUT2D eigenvalue weighted by Crippen LogP contribution is 2.18. The Labute approximate surface area is 94.0 Å². The number of nitrogens with two attached hydrogens (primary N) is 1. The standard InChI is InChI=1S/C11H15N3O2/c1-3-8(5-12)9-4-10(11(15)14-16)13-6-7(9)2/h3-4,6,16H,5,12H2,1-2H3,(H,14,15)/b8-3-. The van der Waals surface area contributed by atoms with E-state index in [0.29, 0.717) is 6.54 Å². The highest BCUT2D eigenvalue weighted by atomic mass is 16.5. The first-order valence-corrected chi connectivity index (χ1v) is 4.90. The van der Waals surface area contributed by atoms with E-state index in [9.17, 15) is 4.79 Å². The fourth-order valence-electron chi connectivity index (χ4n) is 1.43. The molecule has 0 aromatic carbocycles. The molecule has 86 valence electrons. The van der Waals surface area contributed by atoms with Crippen molar-refractivity contribution in [3.8, 4) is 0 Å². The van der Waals surface area contributed by atoms with Crippen LogP contribution in [0.2, 0.25) is 0 Å². The van der Waals surface area contributed by atoms with E-state index >= 15 is 0 Å². The summed E-state index contributed by atoms with van der Waals surface area (Å²) in [5.41, 5.74) is 10.1. The lowest BCUT2D eigenvalue weighted by atomic mass is 10.0. The summed E-state index contributed by atoms with van der Waals surface area (Å²) in [6.45, 7) is 4.16. The Hall–Kier alpha value is -1.72. The third-order valence-corrected chi connectivity index (χ3v) is 2.35. The lowest BCUT2D eigenvalue weighted by Gasteiger charge is -2.09. The third-order valence-electron chi connectivity index (χ3n) is 2.35. The molecule has 0 aliphatic rings. The molecule has 0 bridgehead atoms. The van der Waals surface area contributed by atoms with Gasteiger partial charge in [-0.05, 0) is 36.6 Å². The first-order valence-electron chi connectivity index (χ1n) is 4.90. The average Bonchev–Trinajstić information content (AvgIpc) is 2.32. The summed E-state index contributed by atoms with van der Waals surface area (Å²) >= 11 is 0. The van der Waals surface area contributed by atoms with E-state index in [0.717, 1.165) is 16.7 Å². The topological polar surface area (TPSA) is 88.2 Å². The zero-order valence-corrected chi connectivity index (χ0v) is 9.32. The number of nitrogens with one attached hydrogen (secondary N) is 1. The van der Waals surface area contributed by atoms with Gasteiger partial charge in [-0.15, -0.1) is 0 Å². The van der Waals surface area contributed by atoms with Gasteiger partial charge in [0.25, 0.3) is 5.91 Å². The third kappa shape index (κ3) is 2.44. The number of carbonyl (C=O) groups excluding carboxylic acids is 1. The van der Waals surface area contributed by atoms with Gasteiger partial charge in [0.1, 0.15) is 5.69 Å². The molecule has 4 N–H and O–H groups in total. The van der Waals surface area contributed by atoms with Crippen LogP contribution in [0.3, 0.4) is 0 Å². The Morgan fingerprint density at radius 1 is 1.69 bits per heavy atom. The number of aryl methyl sites for hydroxylation is 1. The van der Waals surface area contributed by atoms with Gasteiger partial charge in [0.2, 0.25) is 0 Å². The normalized spacial score (nSPS) is 11.4. The van der Waals surface area contributed by atoms with Crippen molar-refractivity contribution in [1.82, 2.24) is 10.5 Å². The van der Waals surface area contributed by atoms with Crippen molar-refractivity contribution in [3.05, 3.63) is 35.2 Å². The fraction of sp³-hybridized carbons (Fsp3) is 0.273. The fourth-order valence-corrected chi connectivity index (χ4v) is 1.43. The molecule has 1 heterocycles.